The number of fused-ring (bicyclic) bond motifs is 8. The van der Waals surface area contributed by atoms with Crippen molar-refractivity contribution in [2.45, 2.75) is 19.4 Å². The summed E-state index contributed by atoms with van der Waals surface area (Å²) in [4.78, 5) is 55.9. The van der Waals surface area contributed by atoms with Crippen LogP contribution in [0, 0.1) is 39.7 Å². The number of non-ortho nitro benzene ring substituents is 1. The van der Waals surface area contributed by atoms with E-state index in [-0.39, 0.29) is 47.1 Å². The number of carbonyl (C=O) groups excluding carboxylic acids is 3. The van der Waals surface area contributed by atoms with Crippen LogP contribution in [-0.4, -0.2) is 34.3 Å². The molecule has 2 aliphatic carbocycles. The molecule has 0 unspecified atom stereocenters. The molecule has 2 aromatic carbocycles. The molecule has 3 fully saturated rings. The van der Waals surface area contributed by atoms with Gasteiger partial charge in [-0.05, 0) is 55.7 Å². The zero-order chi connectivity index (χ0) is 23.0. The number of ketones is 1. The lowest BCUT2D eigenvalue weighted by molar-refractivity contribution is -0.384. The topological polar surface area (TPSA) is 119 Å². The van der Waals surface area contributed by atoms with Gasteiger partial charge in [-0.25, -0.2) is 0 Å². The first kappa shape index (κ1) is 19.8. The third-order valence-electron chi connectivity index (χ3n) is 7.60. The molecule has 2 aliphatic heterocycles. The number of rotatable bonds is 4. The smallest absolute Gasteiger partial charge is 0.269 e. The number of hydrogen-bond acceptors (Lipinski definition) is 7. The second-order valence-electron chi connectivity index (χ2n) is 9.11. The Morgan fingerprint density at radius 1 is 1.00 bits per heavy atom. The zero-order valence-electron chi connectivity index (χ0n) is 17.6. The highest BCUT2D eigenvalue weighted by Crippen LogP contribution is 2.62. The Hall–Kier alpha value is -3.88. The number of carbonyl (C=O) groups is 3. The zero-order valence-corrected chi connectivity index (χ0v) is 17.6. The van der Waals surface area contributed by atoms with Crippen LogP contribution in [0.2, 0.25) is 0 Å². The highest BCUT2D eigenvalue weighted by Gasteiger charge is 2.70. The molecule has 166 valence electrons. The van der Waals surface area contributed by atoms with Crippen LogP contribution in [-0.2, 0) is 14.4 Å². The van der Waals surface area contributed by atoms with Gasteiger partial charge in [-0.2, -0.15) is 0 Å². The van der Waals surface area contributed by atoms with E-state index >= 15 is 0 Å². The number of Topliss-reactive ketones (excluding diaryl/α,β-unsaturated/α-hetero) is 1. The fraction of sp³-hybridized carbons (Fsp3) is 0.333. The second kappa shape index (κ2) is 6.81. The van der Waals surface area contributed by atoms with Crippen LogP contribution < -0.4 is 4.90 Å². The van der Waals surface area contributed by atoms with E-state index in [2.05, 4.69) is 5.16 Å². The van der Waals surface area contributed by atoms with E-state index in [0.29, 0.717) is 23.4 Å². The molecular weight excluding hydrogens is 426 g/mol. The highest BCUT2D eigenvalue weighted by atomic mass is 16.6. The minimum Gasteiger partial charge on any atom is -0.391 e. The Balaban J connectivity index is 1.30. The van der Waals surface area contributed by atoms with Crippen molar-refractivity contribution in [2.75, 3.05) is 4.90 Å². The third-order valence-corrected chi connectivity index (χ3v) is 7.60. The average Bonchev–Trinajstić information content (AvgIpc) is 3.54. The van der Waals surface area contributed by atoms with Gasteiger partial charge < -0.3 is 4.84 Å². The summed E-state index contributed by atoms with van der Waals surface area (Å²) >= 11 is 0. The quantitative estimate of drug-likeness (QED) is 0.309. The molecule has 6 atom stereocenters. The molecule has 33 heavy (non-hydrogen) atoms. The minimum absolute atomic E-state index is 0.00850. The molecule has 2 saturated carbocycles. The molecule has 0 spiro atoms. The molecule has 0 aromatic heterocycles. The predicted octanol–water partition coefficient (Wildman–Crippen LogP) is 2.97. The maximum absolute atomic E-state index is 13.4. The van der Waals surface area contributed by atoms with Gasteiger partial charge in [-0.15, -0.1) is 0 Å². The van der Waals surface area contributed by atoms with Crippen molar-refractivity contribution in [3.8, 4) is 0 Å². The van der Waals surface area contributed by atoms with E-state index < -0.39 is 16.8 Å². The molecule has 1 saturated heterocycles. The van der Waals surface area contributed by atoms with Crippen molar-refractivity contribution in [1.82, 2.24) is 0 Å². The van der Waals surface area contributed by atoms with Crippen molar-refractivity contribution in [3.05, 3.63) is 69.8 Å². The average molecular weight is 445 g/mol. The molecule has 2 heterocycles. The van der Waals surface area contributed by atoms with E-state index in [0.717, 1.165) is 5.56 Å². The number of oxime groups is 1. The SMILES string of the molecule is CC(=O)c1ccc(N2C(=O)[C@@H]3[C@H]4C[C@@H]([C@@H]5C(c6ccc([N+](=O)[O-])cc6)=NO[C@H]45)[C@@H]3C2=O)cc1. The molecule has 2 amide bonds. The number of amides is 2. The normalized spacial score (nSPS) is 31.3. The van der Waals surface area contributed by atoms with Crippen molar-refractivity contribution in [1.29, 1.82) is 0 Å². The maximum Gasteiger partial charge on any atom is 0.269 e. The lowest BCUT2D eigenvalue weighted by Crippen LogP contribution is -2.41. The standard InChI is InChI=1S/C24H19N3O6/c1-11(28)12-2-6-14(7-3-12)26-23(29)18-16-10-17(19(18)24(26)30)22-20(16)21(25-33-22)13-4-8-15(9-5-13)27(31)32/h2-9,16-20,22H,10H2,1H3/t16-,17-,18+,19-,20-,22-/m1/s1. The Kier molecular flexibility index (Phi) is 4.08. The molecule has 9 nitrogen and oxygen atoms in total. The molecule has 0 N–H and O–H groups in total. The Labute approximate surface area is 188 Å². The molecule has 4 aliphatic rings. The van der Waals surface area contributed by atoms with Crippen molar-refractivity contribution in [3.63, 3.8) is 0 Å². The highest BCUT2D eigenvalue weighted by molar-refractivity contribution is 6.23. The number of hydrogen-bond donors (Lipinski definition) is 0. The van der Waals surface area contributed by atoms with Gasteiger partial charge in [0.25, 0.3) is 5.69 Å². The van der Waals surface area contributed by atoms with Crippen LogP contribution >= 0.6 is 0 Å². The summed E-state index contributed by atoms with van der Waals surface area (Å²) in [6.07, 6.45) is 0.434. The predicted molar refractivity (Wildman–Crippen MR) is 116 cm³/mol. The fourth-order valence-electron chi connectivity index (χ4n) is 6.22. The molecule has 9 heteroatoms. The van der Waals surface area contributed by atoms with Gasteiger partial charge in [0, 0.05) is 35.1 Å². The lowest BCUT2D eigenvalue weighted by atomic mass is 9.71. The van der Waals surface area contributed by atoms with Crippen molar-refractivity contribution < 1.29 is 24.1 Å². The summed E-state index contributed by atoms with van der Waals surface area (Å²) in [6.45, 7) is 1.46. The molecular formula is C24H19N3O6. The van der Waals surface area contributed by atoms with E-state index in [1.54, 1.807) is 36.4 Å². The van der Waals surface area contributed by atoms with Crippen LogP contribution in [0.15, 0.2) is 53.7 Å². The number of benzene rings is 2. The summed E-state index contributed by atoms with van der Waals surface area (Å²) in [5.41, 5.74) is 2.39. The first-order chi connectivity index (χ1) is 15.9. The fourth-order valence-corrected chi connectivity index (χ4v) is 6.22. The Morgan fingerprint density at radius 3 is 2.24 bits per heavy atom. The summed E-state index contributed by atoms with van der Waals surface area (Å²) in [5, 5.41) is 15.2. The summed E-state index contributed by atoms with van der Waals surface area (Å²) in [7, 11) is 0. The minimum atomic E-state index is -0.456. The van der Waals surface area contributed by atoms with E-state index in [9.17, 15) is 24.5 Å². The van der Waals surface area contributed by atoms with Gasteiger partial charge in [-0.1, -0.05) is 5.16 Å². The largest absolute Gasteiger partial charge is 0.391 e. The van der Waals surface area contributed by atoms with Crippen LogP contribution in [0.5, 0.6) is 0 Å². The molecule has 2 aromatic rings. The molecule has 2 bridgehead atoms. The van der Waals surface area contributed by atoms with Crippen LogP contribution in [0.3, 0.4) is 0 Å². The van der Waals surface area contributed by atoms with E-state index in [1.807, 2.05) is 0 Å². The summed E-state index contributed by atoms with van der Waals surface area (Å²) in [5.74, 6) is -1.74. The van der Waals surface area contributed by atoms with Gasteiger partial charge in [0.05, 0.1) is 28.2 Å². The number of nitrogens with zero attached hydrogens (tertiary/aromatic N) is 3. The number of anilines is 1. The monoisotopic (exact) mass is 445 g/mol. The van der Waals surface area contributed by atoms with Crippen LogP contribution in [0.4, 0.5) is 11.4 Å². The Morgan fingerprint density at radius 2 is 1.64 bits per heavy atom. The summed E-state index contributed by atoms with van der Waals surface area (Å²) < 4.78 is 0. The third kappa shape index (κ3) is 2.65. The second-order valence-corrected chi connectivity index (χ2v) is 9.11. The number of imide groups is 1. The molecule has 0 radical (unpaired) electrons. The maximum atomic E-state index is 13.4. The van der Waals surface area contributed by atoms with Gasteiger partial charge in [0.1, 0.15) is 6.10 Å². The van der Waals surface area contributed by atoms with Gasteiger partial charge in [0.2, 0.25) is 11.8 Å². The van der Waals surface area contributed by atoms with E-state index in [1.165, 1.54) is 24.0 Å². The van der Waals surface area contributed by atoms with Gasteiger partial charge >= 0.3 is 0 Å². The van der Waals surface area contributed by atoms with Gasteiger partial charge in [-0.3, -0.25) is 29.4 Å². The first-order valence-corrected chi connectivity index (χ1v) is 10.8. The van der Waals surface area contributed by atoms with Crippen LogP contribution in [0.25, 0.3) is 0 Å². The van der Waals surface area contributed by atoms with E-state index in [4.69, 9.17) is 4.84 Å². The van der Waals surface area contributed by atoms with Gasteiger partial charge in [0.15, 0.2) is 5.78 Å². The first-order valence-electron chi connectivity index (χ1n) is 10.8. The Bertz CT molecular complexity index is 1250. The summed E-state index contributed by atoms with van der Waals surface area (Å²) in [6, 6.07) is 12.7. The van der Waals surface area contributed by atoms with Crippen molar-refractivity contribution >= 4 is 34.7 Å². The lowest BCUT2D eigenvalue weighted by Gasteiger charge is -2.29. The number of nitro groups is 1. The van der Waals surface area contributed by atoms with Crippen molar-refractivity contribution in [2.24, 2.45) is 34.7 Å². The van der Waals surface area contributed by atoms with Crippen LogP contribution in [0.1, 0.15) is 29.3 Å². The molecule has 6 rings (SSSR count). The number of nitro benzene ring substituents is 1.